The van der Waals surface area contributed by atoms with Crippen molar-refractivity contribution in [3.63, 3.8) is 0 Å². The molecule has 2 aromatic rings. The summed E-state index contributed by atoms with van der Waals surface area (Å²) in [4.78, 5) is 4.70. The van der Waals surface area contributed by atoms with Crippen LogP contribution in [0.1, 0.15) is 5.69 Å². The highest BCUT2D eigenvalue weighted by Gasteiger charge is 2.07. The summed E-state index contributed by atoms with van der Waals surface area (Å²) in [6.45, 7) is 0. The van der Waals surface area contributed by atoms with Gasteiger partial charge in [0.1, 0.15) is 0 Å². The number of nitrogens with two attached hydrogens (primary N) is 1. The van der Waals surface area contributed by atoms with Crippen molar-refractivity contribution in [2.75, 3.05) is 0 Å². The second-order valence-electron chi connectivity index (χ2n) is 3.11. The average molecular weight is 260 g/mol. The van der Waals surface area contributed by atoms with Gasteiger partial charge < -0.3 is 10.1 Å². The maximum Gasteiger partial charge on any atom is 0.155 e. The molecule has 15 heavy (non-hydrogen) atoms. The molecule has 2 heterocycles. The molecule has 0 aliphatic heterocycles. The third kappa shape index (κ3) is 2.22. The fourth-order valence-corrected chi connectivity index (χ4v) is 2.01. The number of aromatic nitrogens is 2. The summed E-state index contributed by atoms with van der Waals surface area (Å²) in [6.07, 6.45) is 4.01. The third-order valence-electron chi connectivity index (χ3n) is 1.88. The van der Waals surface area contributed by atoms with Crippen LogP contribution < -0.4 is 5.73 Å². The molecule has 2 N–H and O–H groups in total. The Labute approximate surface area is 102 Å². The molecule has 2 rings (SSSR count). The van der Waals surface area contributed by atoms with Gasteiger partial charge in [0.15, 0.2) is 5.65 Å². The molecule has 0 aliphatic rings. The van der Waals surface area contributed by atoms with Gasteiger partial charge in [0.2, 0.25) is 0 Å². The summed E-state index contributed by atoms with van der Waals surface area (Å²) < 4.78 is 1.76. The van der Waals surface area contributed by atoms with Crippen LogP contribution in [0.5, 0.6) is 0 Å². The van der Waals surface area contributed by atoms with Crippen LogP contribution in [0.25, 0.3) is 5.65 Å². The van der Waals surface area contributed by atoms with Gasteiger partial charge in [-0.2, -0.15) is 0 Å². The quantitative estimate of drug-likeness (QED) is 0.843. The smallest absolute Gasteiger partial charge is 0.155 e. The Bertz CT molecular complexity index is 535. The predicted molar refractivity (Wildman–Crippen MR) is 65.7 cm³/mol. The van der Waals surface area contributed by atoms with Gasteiger partial charge >= 0.3 is 0 Å². The van der Waals surface area contributed by atoms with Crippen molar-refractivity contribution >= 4 is 46.1 Å². The van der Waals surface area contributed by atoms with Gasteiger partial charge in [0.25, 0.3) is 0 Å². The topological polar surface area (TPSA) is 43.3 Å². The molecule has 78 valence electrons. The van der Waals surface area contributed by atoms with Crippen LogP contribution in [0.2, 0.25) is 10.0 Å². The van der Waals surface area contributed by atoms with Crippen molar-refractivity contribution in [1.82, 2.24) is 9.38 Å². The van der Waals surface area contributed by atoms with Gasteiger partial charge in [-0.05, 0) is 6.07 Å². The molecule has 0 fully saturated rings. The van der Waals surface area contributed by atoms with E-state index in [1.807, 2.05) is 6.20 Å². The lowest BCUT2D eigenvalue weighted by Crippen LogP contribution is -2.11. The highest BCUT2D eigenvalue weighted by atomic mass is 35.5. The second kappa shape index (κ2) is 3.96. The molecule has 0 bridgehead atoms. The SMILES string of the molecule is NC(=S)Cc1cn2cc(Cl)cc(Cl)c2n1. The lowest BCUT2D eigenvalue weighted by molar-refractivity contribution is 1.18. The molecule has 0 atom stereocenters. The first-order valence-corrected chi connectivity index (χ1v) is 5.33. The van der Waals surface area contributed by atoms with Crippen molar-refractivity contribution < 1.29 is 0 Å². The number of hydrogen-bond acceptors (Lipinski definition) is 2. The molecular weight excluding hydrogens is 253 g/mol. The minimum absolute atomic E-state index is 0.403. The molecule has 0 spiro atoms. The summed E-state index contributed by atoms with van der Waals surface area (Å²) in [6, 6.07) is 1.65. The van der Waals surface area contributed by atoms with Crippen LogP contribution in [0.3, 0.4) is 0 Å². The van der Waals surface area contributed by atoms with Crippen LogP contribution >= 0.6 is 35.4 Å². The van der Waals surface area contributed by atoms with E-state index in [2.05, 4.69) is 4.98 Å². The molecule has 6 heteroatoms. The van der Waals surface area contributed by atoms with Gasteiger partial charge in [-0.3, -0.25) is 0 Å². The first-order valence-electron chi connectivity index (χ1n) is 4.17. The Morgan fingerprint density at radius 3 is 2.87 bits per heavy atom. The molecule has 0 unspecified atom stereocenters. The molecule has 3 nitrogen and oxygen atoms in total. The standard InChI is InChI=1S/C9H7Cl2N3S/c10-5-1-7(11)9-13-6(2-8(12)15)4-14(9)3-5/h1,3-4H,2H2,(H2,12,15). The van der Waals surface area contributed by atoms with E-state index in [-0.39, 0.29) is 0 Å². The molecule has 0 aromatic carbocycles. The maximum absolute atomic E-state index is 5.98. The number of rotatable bonds is 2. The Kier molecular flexibility index (Phi) is 2.82. The van der Waals surface area contributed by atoms with Crippen molar-refractivity contribution in [3.05, 3.63) is 34.2 Å². The summed E-state index contributed by atoms with van der Waals surface area (Å²) >= 11 is 16.6. The first kappa shape index (κ1) is 10.7. The first-order chi connectivity index (χ1) is 7.06. The highest BCUT2D eigenvalue weighted by molar-refractivity contribution is 7.80. The Hall–Kier alpha value is -0.840. The number of fused-ring (bicyclic) bond motifs is 1. The van der Waals surface area contributed by atoms with Crippen molar-refractivity contribution in [2.45, 2.75) is 6.42 Å². The monoisotopic (exact) mass is 259 g/mol. The summed E-state index contributed by atoms with van der Waals surface area (Å²) in [5.41, 5.74) is 6.88. The highest BCUT2D eigenvalue weighted by Crippen LogP contribution is 2.21. The van der Waals surface area contributed by atoms with Crippen molar-refractivity contribution in [2.24, 2.45) is 5.73 Å². The zero-order chi connectivity index (χ0) is 11.0. The van der Waals surface area contributed by atoms with E-state index in [0.717, 1.165) is 5.69 Å². The van der Waals surface area contributed by atoms with Gasteiger partial charge in [-0.1, -0.05) is 35.4 Å². The Morgan fingerprint density at radius 2 is 2.20 bits per heavy atom. The average Bonchev–Trinajstić information content (AvgIpc) is 2.45. The summed E-state index contributed by atoms with van der Waals surface area (Å²) in [5, 5.41) is 1.07. The third-order valence-corrected chi connectivity index (χ3v) is 2.51. The predicted octanol–water partition coefficient (Wildman–Crippen LogP) is 2.47. The van der Waals surface area contributed by atoms with Gasteiger partial charge in [0, 0.05) is 18.8 Å². The summed E-state index contributed by atoms with van der Waals surface area (Å²) in [7, 11) is 0. The molecule has 2 aromatic heterocycles. The summed E-state index contributed by atoms with van der Waals surface area (Å²) in [5.74, 6) is 0. The fourth-order valence-electron chi connectivity index (χ4n) is 1.34. The van der Waals surface area contributed by atoms with E-state index in [9.17, 15) is 0 Å². The fraction of sp³-hybridized carbons (Fsp3) is 0.111. The van der Waals surface area contributed by atoms with Crippen LogP contribution in [-0.2, 0) is 6.42 Å². The van der Waals surface area contributed by atoms with Gasteiger partial charge in [-0.15, -0.1) is 0 Å². The minimum atomic E-state index is 0.403. The van der Waals surface area contributed by atoms with Gasteiger partial charge in [0.05, 0.1) is 20.7 Å². The largest absolute Gasteiger partial charge is 0.393 e. The van der Waals surface area contributed by atoms with E-state index in [1.165, 1.54) is 0 Å². The molecule has 0 radical (unpaired) electrons. The number of pyridine rings is 1. The van der Waals surface area contributed by atoms with E-state index < -0.39 is 0 Å². The van der Waals surface area contributed by atoms with E-state index in [1.54, 1.807) is 16.7 Å². The van der Waals surface area contributed by atoms with Crippen LogP contribution in [0.15, 0.2) is 18.5 Å². The molecule has 0 amide bonds. The Morgan fingerprint density at radius 1 is 1.47 bits per heavy atom. The Balaban J connectivity index is 2.55. The van der Waals surface area contributed by atoms with Crippen molar-refractivity contribution in [1.29, 1.82) is 0 Å². The van der Waals surface area contributed by atoms with E-state index >= 15 is 0 Å². The molecule has 0 aliphatic carbocycles. The van der Waals surface area contributed by atoms with Gasteiger partial charge in [-0.25, -0.2) is 4.98 Å². The maximum atomic E-state index is 5.98. The van der Waals surface area contributed by atoms with E-state index in [0.29, 0.717) is 27.1 Å². The van der Waals surface area contributed by atoms with Crippen LogP contribution in [0.4, 0.5) is 0 Å². The molecule has 0 saturated carbocycles. The minimum Gasteiger partial charge on any atom is -0.393 e. The van der Waals surface area contributed by atoms with Crippen LogP contribution in [-0.4, -0.2) is 14.4 Å². The second-order valence-corrected chi connectivity index (χ2v) is 4.48. The number of halogens is 2. The van der Waals surface area contributed by atoms with E-state index in [4.69, 9.17) is 41.2 Å². The number of nitrogens with zero attached hydrogens (tertiary/aromatic N) is 2. The van der Waals surface area contributed by atoms with Crippen LogP contribution in [0, 0.1) is 0 Å². The lowest BCUT2D eigenvalue weighted by Gasteiger charge is -1.95. The number of hydrogen-bond donors (Lipinski definition) is 1. The number of thiocarbonyl (C=S) groups is 1. The van der Waals surface area contributed by atoms with Crippen molar-refractivity contribution in [3.8, 4) is 0 Å². The zero-order valence-corrected chi connectivity index (χ0v) is 9.90. The molecule has 0 saturated heterocycles. The zero-order valence-electron chi connectivity index (χ0n) is 7.58. The lowest BCUT2D eigenvalue weighted by atomic mass is 10.3. The number of imidazole rings is 1. The normalized spacial score (nSPS) is 10.8. The molecular formula is C9H7Cl2N3S.